The van der Waals surface area contributed by atoms with Crippen LogP contribution in [0, 0.1) is 6.92 Å². The molecule has 0 saturated heterocycles. The summed E-state index contributed by atoms with van der Waals surface area (Å²) in [5.74, 6) is -0.255. The summed E-state index contributed by atoms with van der Waals surface area (Å²) in [7, 11) is 0. The molecule has 0 aliphatic heterocycles. The highest BCUT2D eigenvalue weighted by Gasteiger charge is 2.15. The molecule has 2 aromatic heterocycles. The zero-order valence-electron chi connectivity index (χ0n) is 14.8. The van der Waals surface area contributed by atoms with E-state index in [1.54, 1.807) is 6.20 Å². The van der Waals surface area contributed by atoms with E-state index in [4.69, 9.17) is 4.74 Å². The second-order valence-corrected chi connectivity index (χ2v) is 6.52. The van der Waals surface area contributed by atoms with Crippen LogP contribution in [0.2, 0.25) is 0 Å². The maximum absolute atomic E-state index is 12.5. The maximum Gasteiger partial charge on any atom is 0.326 e. The fourth-order valence-electron chi connectivity index (χ4n) is 3.30. The molecule has 4 rings (SSSR count). The Kier molecular flexibility index (Phi) is 4.17. The van der Waals surface area contributed by atoms with Gasteiger partial charge in [0, 0.05) is 28.4 Å². The number of esters is 1. The third-order valence-corrected chi connectivity index (χ3v) is 4.69. The highest BCUT2D eigenvalue weighted by Crippen LogP contribution is 2.22. The van der Waals surface area contributed by atoms with E-state index in [0.29, 0.717) is 0 Å². The van der Waals surface area contributed by atoms with E-state index >= 15 is 0 Å². The molecule has 0 fully saturated rings. The lowest BCUT2D eigenvalue weighted by Gasteiger charge is -2.15. The van der Waals surface area contributed by atoms with Crippen LogP contribution in [0.25, 0.3) is 21.8 Å². The Labute approximate surface area is 152 Å². The number of fused-ring (bicyclic) bond motifs is 2. The summed E-state index contributed by atoms with van der Waals surface area (Å²) in [6, 6.07) is 20.1. The highest BCUT2D eigenvalue weighted by molar-refractivity contribution is 5.83. The van der Waals surface area contributed by atoms with Crippen molar-refractivity contribution in [2.45, 2.75) is 26.5 Å². The molecular formula is C22H20N2O2. The van der Waals surface area contributed by atoms with Crippen molar-refractivity contribution in [2.75, 3.05) is 0 Å². The number of aryl methyl sites for hydroxylation is 1. The predicted molar refractivity (Wildman–Crippen MR) is 103 cm³/mol. The van der Waals surface area contributed by atoms with Crippen molar-refractivity contribution in [1.82, 2.24) is 9.55 Å². The number of nitrogens with zero attached hydrogens (tertiary/aromatic N) is 2. The Morgan fingerprint density at radius 2 is 1.81 bits per heavy atom. The number of aromatic nitrogens is 2. The van der Waals surface area contributed by atoms with E-state index in [1.165, 1.54) is 0 Å². The SMILES string of the molecule is Cc1cc2ccccc2n1CC(=O)OC(C)c1cnc2ccccc2c1. The van der Waals surface area contributed by atoms with Gasteiger partial charge in [-0.15, -0.1) is 0 Å². The Balaban J connectivity index is 1.52. The van der Waals surface area contributed by atoms with Gasteiger partial charge in [0.1, 0.15) is 12.6 Å². The summed E-state index contributed by atoms with van der Waals surface area (Å²) < 4.78 is 7.65. The molecule has 130 valence electrons. The van der Waals surface area contributed by atoms with Gasteiger partial charge in [-0.25, -0.2) is 0 Å². The summed E-state index contributed by atoms with van der Waals surface area (Å²) in [6.45, 7) is 4.08. The lowest BCUT2D eigenvalue weighted by molar-refractivity contribution is -0.149. The molecule has 0 amide bonds. The summed E-state index contributed by atoms with van der Waals surface area (Å²) in [6.07, 6.45) is 1.43. The third kappa shape index (κ3) is 3.06. The standard InChI is InChI=1S/C22H20N2O2/c1-15-11-18-8-4-6-10-21(18)24(15)14-22(25)26-16(2)19-12-17-7-3-5-9-20(17)23-13-19/h3-13,16H,14H2,1-2H3. The minimum absolute atomic E-state index is 0.199. The van der Waals surface area contributed by atoms with Crippen molar-refractivity contribution in [1.29, 1.82) is 0 Å². The van der Waals surface area contributed by atoms with E-state index in [-0.39, 0.29) is 18.6 Å². The number of hydrogen-bond acceptors (Lipinski definition) is 3. The lowest BCUT2D eigenvalue weighted by atomic mass is 10.1. The fraction of sp³-hybridized carbons (Fsp3) is 0.182. The van der Waals surface area contributed by atoms with Crippen LogP contribution in [0.5, 0.6) is 0 Å². The zero-order chi connectivity index (χ0) is 18.1. The molecule has 1 atom stereocenters. The number of carbonyl (C=O) groups is 1. The Hall–Kier alpha value is -3.14. The highest BCUT2D eigenvalue weighted by atomic mass is 16.5. The molecule has 0 spiro atoms. The molecule has 1 unspecified atom stereocenters. The van der Waals surface area contributed by atoms with E-state index in [1.807, 2.05) is 73.0 Å². The molecule has 4 heteroatoms. The first-order chi connectivity index (χ1) is 12.6. The molecule has 0 saturated carbocycles. The first-order valence-corrected chi connectivity index (χ1v) is 8.71. The molecule has 4 nitrogen and oxygen atoms in total. The second-order valence-electron chi connectivity index (χ2n) is 6.52. The monoisotopic (exact) mass is 344 g/mol. The van der Waals surface area contributed by atoms with Gasteiger partial charge >= 0.3 is 5.97 Å². The summed E-state index contributed by atoms with van der Waals surface area (Å²) in [4.78, 5) is 16.9. The molecule has 0 bridgehead atoms. The normalized spacial score (nSPS) is 12.4. The Bertz CT molecular complexity index is 1100. The maximum atomic E-state index is 12.5. The topological polar surface area (TPSA) is 44.1 Å². The van der Waals surface area contributed by atoms with Crippen LogP contribution in [0.4, 0.5) is 0 Å². The lowest BCUT2D eigenvalue weighted by Crippen LogP contribution is -2.16. The van der Waals surface area contributed by atoms with Crippen LogP contribution < -0.4 is 0 Å². The van der Waals surface area contributed by atoms with E-state index in [9.17, 15) is 4.79 Å². The molecule has 0 radical (unpaired) electrons. The molecule has 4 aromatic rings. The third-order valence-electron chi connectivity index (χ3n) is 4.69. The Morgan fingerprint density at radius 3 is 2.65 bits per heavy atom. The van der Waals surface area contributed by atoms with E-state index in [2.05, 4.69) is 11.1 Å². The zero-order valence-corrected chi connectivity index (χ0v) is 14.8. The molecule has 2 aromatic carbocycles. The van der Waals surface area contributed by atoms with E-state index in [0.717, 1.165) is 33.1 Å². The number of pyridine rings is 1. The second kappa shape index (κ2) is 6.64. The average Bonchev–Trinajstić information content (AvgIpc) is 2.96. The van der Waals surface area contributed by atoms with Crippen LogP contribution in [-0.2, 0) is 16.1 Å². The van der Waals surface area contributed by atoms with Gasteiger partial charge in [-0.2, -0.15) is 0 Å². The molecular weight excluding hydrogens is 324 g/mol. The first-order valence-electron chi connectivity index (χ1n) is 8.71. The molecule has 26 heavy (non-hydrogen) atoms. The van der Waals surface area contributed by atoms with Crippen LogP contribution in [0.3, 0.4) is 0 Å². The van der Waals surface area contributed by atoms with Crippen molar-refractivity contribution in [2.24, 2.45) is 0 Å². The molecule has 2 heterocycles. The van der Waals surface area contributed by atoms with Gasteiger partial charge in [-0.1, -0.05) is 36.4 Å². The van der Waals surface area contributed by atoms with Crippen molar-refractivity contribution < 1.29 is 9.53 Å². The van der Waals surface area contributed by atoms with Crippen molar-refractivity contribution in [3.63, 3.8) is 0 Å². The molecule has 0 aliphatic rings. The number of rotatable bonds is 4. The number of ether oxygens (including phenoxy) is 1. The number of carbonyl (C=O) groups excluding carboxylic acids is 1. The first kappa shape index (κ1) is 16.3. The predicted octanol–water partition coefficient (Wildman–Crippen LogP) is 4.80. The van der Waals surface area contributed by atoms with Gasteiger partial charge in [-0.05, 0) is 43.5 Å². The fourth-order valence-corrected chi connectivity index (χ4v) is 3.30. The molecule has 0 N–H and O–H groups in total. The van der Waals surface area contributed by atoms with Crippen LogP contribution in [0.1, 0.15) is 24.3 Å². The molecule has 0 aliphatic carbocycles. The Morgan fingerprint density at radius 1 is 1.08 bits per heavy atom. The average molecular weight is 344 g/mol. The smallest absolute Gasteiger partial charge is 0.326 e. The van der Waals surface area contributed by atoms with Gasteiger partial charge in [0.05, 0.1) is 5.52 Å². The van der Waals surface area contributed by atoms with Gasteiger partial charge < -0.3 is 9.30 Å². The van der Waals surface area contributed by atoms with Gasteiger partial charge in [0.25, 0.3) is 0 Å². The summed E-state index contributed by atoms with van der Waals surface area (Å²) >= 11 is 0. The minimum Gasteiger partial charge on any atom is -0.456 e. The van der Waals surface area contributed by atoms with Gasteiger partial charge in [0.2, 0.25) is 0 Å². The van der Waals surface area contributed by atoms with Gasteiger partial charge in [-0.3, -0.25) is 9.78 Å². The summed E-state index contributed by atoms with van der Waals surface area (Å²) in [5.41, 5.74) is 3.92. The largest absolute Gasteiger partial charge is 0.456 e. The number of benzene rings is 2. The van der Waals surface area contributed by atoms with Crippen molar-refractivity contribution >= 4 is 27.8 Å². The quantitative estimate of drug-likeness (QED) is 0.499. The van der Waals surface area contributed by atoms with Crippen LogP contribution >= 0.6 is 0 Å². The van der Waals surface area contributed by atoms with Crippen LogP contribution in [0.15, 0.2) is 66.9 Å². The number of para-hydroxylation sites is 2. The van der Waals surface area contributed by atoms with Crippen molar-refractivity contribution in [3.05, 3.63) is 78.1 Å². The van der Waals surface area contributed by atoms with Crippen LogP contribution in [-0.4, -0.2) is 15.5 Å². The minimum atomic E-state index is -0.346. The van der Waals surface area contributed by atoms with Crippen molar-refractivity contribution in [3.8, 4) is 0 Å². The number of hydrogen-bond donors (Lipinski definition) is 0. The summed E-state index contributed by atoms with van der Waals surface area (Å²) in [5, 5.41) is 2.17. The van der Waals surface area contributed by atoms with E-state index < -0.39 is 0 Å². The van der Waals surface area contributed by atoms with Gasteiger partial charge in [0.15, 0.2) is 0 Å².